The number of halogens is 1. The summed E-state index contributed by atoms with van der Waals surface area (Å²) in [6, 6.07) is 14.3. The maximum atomic E-state index is 11.8. The zero-order valence-electron chi connectivity index (χ0n) is 10.5. The smallest absolute Gasteiger partial charge is 0.410 e. The molecule has 3 nitrogen and oxygen atoms in total. The first kappa shape index (κ1) is 13.4. The van der Waals surface area contributed by atoms with Gasteiger partial charge in [0, 0.05) is 10.7 Å². The zero-order valence-corrected chi connectivity index (χ0v) is 11.3. The number of hydrogen-bond donors (Lipinski definition) is 1. The van der Waals surface area contributed by atoms with Crippen molar-refractivity contribution in [1.29, 1.82) is 0 Å². The minimum atomic E-state index is -0.511. The minimum absolute atomic E-state index is 0.455. The van der Waals surface area contributed by atoms with Gasteiger partial charge in [0.15, 0.2) is 0 Å². The molecule has 0 aromatic heterocycles. The number of aryl methyl sites for hydroxylation is 1. The number of nitrogens with one attached hydrogen (secondary N) is 1. The molecule has 4 heteroatoms. The fraction of sp³-hybridized carbons (Fsp3) is 0.133. The maximum Gasteiger partial charge on any atom is 0.417 e. The lowest BCUT2D eigenvalue weighted by atomic mass is 10.1. The number of benzene rings is 2. The van der Waals surface area contributed by atoms with Crippen molar-refractivity contribution in [3.8, 4) is 5.75 Å². The predicted molar refractivity (Wildman–Crippen MR) is 76.9 cm³/mol. The third-order valence-electron chi connectivity index (χ3n) is 2.66. The van der Waals surface area contributed by atoms with E-state index in [9.17, 15) is 4.79 Å². The van der Waals surface area contributed by atoms with Crippen LogP contribution >= 0.6 is 11.6 Å². The van der Waals surface area contributed by atoms with E-state index in [1.54, 1.807) is 24.3 Å². The Bertz CT molecular complexity index is 567. The second-order valence-electron chi connectivity index (χ2n) is 3.98. The van der Waals surface area contributed by atoms with Crippen molar-refractivity contribution in [3.63, 3.8) is 0 Å². The second kappa shape index (κ2) is 6.25. The second-order valence-corrected chi connectivity index (χ2v) is 4.42. The SMILES string of the molecule is CCc1ccccc1NC(=O)Oc1ccc(Cl)cc1. The van der Waals surface area contributed by atoms with Crippen LogP contribution in [0.4, 0.5) is 10.5 Å². The Hall–Kier alpha value is -2.00. The van der Waals surface area contributed by atoms with Crippen LogP contribution in [0, 0.1) is 0 Å². The number of carbonyl (C=O) groups excluding carboxylic acids is 1. The lowest BCUT2D eigenvalue weighted by Gasteiger charge is -2.10. The highest BCUT2D eigenvalue weighted by molar-refractivity contribution is 6.30. The van der Waals surface area contributed by atoms with Gasteiger partial charge in [0.2, 0.25) is 0 Å². The summed E-state index contributed by atoms with van der Waals surface area (Å²) >= 11 is 5.76. The molecule has 0 saturated carbocycles. The molecular weight excluding hydrogens is 262 g/mol. The minimum Gasteiger partial charge on any atom is -0.410 e. The van der Waals surface area contributed by atoms with Gasteiger partial charge in [0.25, 0.3) is 0 Å². The van der Waals surface area contributed by atoms with E-state index < -0.39 is 6.09 Å². The Morgan fingerprint density at radius 3 is 2.53 bits per heavy atom. The van der Waals surface area contributed by atoms with E-state index in [0.717, 1.165) is 17.7 Å². The van der Waals surface area contributed by atoms with E-state index in [1.807, 2.05) is 31.2 Å². The molecule has 0 atom stereocenters. The van der Waals surface area contributed by atoms with Gasteiger partial charge in [-0.25, -0.2) is 4.79 Å². The average Bonchev–Trinajstić information content (AvgIpc) is 2.42. The fourth-order valence-electron chi connectivity index (χ4n) is 1.70. The van der Waals surface area contributed by atoms with Gasteiger partial charge in [-0.3, -0.25) is 5.32 Å². The first-order valence-corrected chi connectivity index (χ1v) is 6.39. The lowest BCUT2D eigenvalue weighted by Crippen LogP contribution is -2.17. The molecular formula is C15H14ClNO2. The van der Waals surface area contributed by atoms with Crippen LogP contribution in [-0.4, -0.2) is 6.09 Å². The normalized spacial score (nSPS) is 10.0. The van der Waals surface area contributed by atoms with Gasteiger partial charge in [-0.15, -0.1) is 0 Å². The maximum absolute atomic E-state index is 11.8. The molecule has 0 aliphatic carbocycles. The third kappa shape index (κ3) is 3.73. The number of anilines is 1. The largest absolute Gasteiger partial charge is 0.417 e. The summed E-state index contributed by atoms with van der Waals surface area (Å²) in [5, 5.41) is 3.33. The topological polar surface area (TPSA) is 38.3 Å². The molecule has 0 heterocycles. The Balaban J connectivity index is 2.03. The Labute approximate surface area is 117 Å². The zero-order chi connectivity index (χ0) is 13.7. The molecule has 0 aliphatic heterocycles. The fourth-order valence-corrected chi connectivity index (χ4v) is 1.82. The van der Waals surface area contributed by atoms with Gasteiger partial charge in [-0.1, -0.05) is 36.7 Å². The van der Waals surface area contributed by atoms with E-state index in [2.05, 4.69) is 5.32 Å². The van der Waals surface area contributed by atoms with Crippen molar-refractivity contribution >= 4 is 23.4 Å². The van der Waals surface area contributed by atoms with E-state index in [1.165, 1.54) is 0 Å². The van der Waals surface area contributed by atoms with Gasteiger partial charge in [0.1, 0.15) is 5.75 Å². The summed E-state index contributed by atoms with van der Waals surface area (Å²) in [7, 11) is 0. The summed E-state index contributed by atoms with van der Waals surface area (Å²) in [6.07, 6.45) is 0.334. The van der Waals surface area contributed by atoms with Crippen LogP contribution in [0.25, 0.3) is 0 Å². The van der Waals surface area contributed by atoms with Crippen LogP contribution in [0.1, 0.15) is 12.5 Å². The summed E-state index contributed by atoms with van der Waals surface area (Å²) in [5.74, 6) is 0.455. The van der Waals surface area contributed by atoms with Gasteiger partial charge >= 0.3 is 6.09 Å². The molecule has 1 amide bonds. The Morgan fingerprint density at radius 2 is 1.84 bits per heavy atom. The third-order valence-corrected chi connectivity index (χ3v) is 2.91. The van der Waals surface area contributed by atoms with Crippen LogP contribution in [0.2, 0.25) is 5.02 Å². The molecule has 19 heavy (non-hydrogen) atoms. The first-order chi connectivity index (χ1) is 9.19. The molecule has 1 N–H and O–H groups in total. The standard InChI is InChI=1S/C15H14ClNO2/c1-2-11-5-3-4-6-14(11)17-15(18)19-13-9-7-12(16)8-10-13/h3-10H,2H2,1H3,(H,17,18). The highest BCUT2D eigenvalue weighted by atomic mass is 35.5. The molecule has 0 saturated heterocycles. The molecule has 0 unspecified atom stereocenters. The monoisotopic (exact) mass is 275 g/mol. The molecule has 0 bridgehead atoms. The molecule has 0 fully saturated rings. The van der Waals surface area contributed by atoms with Gasteiger partial charge in [0.05, 0.1) is 0 Å². The Morgan fingerprint density at radius 1 is 1.16 bits per heavy atom. The van der Waals surface area contributed by atoms with Crippen LogP contribution < -0.4 is 10.1 Å². The molecule has 0 spiro atoms. The highest BCUT2D eigenvalue weighted by Gasteiger charge is 2.07. The average molecular weight is 276 g/mol. The van der Waals surface area contributed by atoms with Gasteiger partial charge < -0.3 is 4.74 Å². The number of para-hydroxylation sites is 1. The van der Waals surface area contributed by atoms with E-state index >= 15 is 0 Å². The number of ether oxygens (including phenoxy) is 1. The van der Waals surface area contributed by atoms with Crippen LogP contribution in [-0.2, 0) is 6.42 Å². The summed E-state index contributed by atoms with van der Waals surface area (Å²) in [6.45, 7) is 2.03. The summed E-state index contributed by atoms with van der Waals surface area (Å²) < 4.78 is 5.16. The predicted octanol–water partition coefficient (Wildman–Crippen LogP) is 4.51. The van der Waals surface area contributed by atoms with Crippen molar-refractivity contribution in [3.05, 3.63) is 59.1 Å². The van der Waals surface area contributed by atoms with Crippen LogP contribution in [0.15, 0.2) is 48.5 Å². The molecule has 98 valence electrons. The first-order valence-electron chi connectivity index (χ1n) is 6.01. The molecule has 0 radical (unpaired) electrons. The molecule has 0 aliphatic rings. The lowest BCUT2D eigenvalue weighted by molar-refractivity contribution is 0.215. The van der Waals surface area contributed by atoms with Crippen LogP contribution in [0.5, 0.6) is 5.75 Å². The van der Waals surface area contributed by atoms with Crippen molar-refractivity contribution in [2.75, 3.05) is 5.32 Å². The highest BCUT2D eigenvalue weighted by Crippen LogP contribution is 2.18. The number of rotatable bonds is 3. The van der Waals surface area contributed by atoms with Crippen molar-refractivity contribution in [2.45, 2.75) is 13.3 Å². The Kier molecular flexibility index (Phi) is 4.42. The number of hydrogen-bond acceptors (Lipinski definition) is 2. The van der Waals surface area contributed by atoms with E-state index in [0.29, 0.717) is 10.8 Å². The molecule has 2 rings (SSSR count). The van der Waals surface area contributed by atoms with Gasteiger partial charge in [-0.2, -0.15) is 0 Å². The molecule has 2 aromatic carbocycles. The van der Waals surface area contributed by atoms with E-state index in [-0.39, 0.29) is 0 Å². The number of amides is 1. The van der Waals surface area contributed by atoms with E-state index in [4.69, 9.17) is 16.3 Å². The molecule has 2 aromatic rings. The van der Waals surface area contributed by atoms with Crippen LogP contribution in [0.3, 0.4) is 0 Å². The number of carbonyl (C=O) groups is 1. The van der Waals surface area contributed by atoms with Crippen molar-refractivity contribution < 1.29 is 9.53 Å². The van der Waals surface area contributed by atoms with Crippen molar-refractivity contribution in [1.82, 2.24) is 0 Å². The van der Waals surface area contributed by atoms with Gasteiger partial charge in [-0.05, 0) is 42.3 Å². The summed E-state index contributed by atoms with van der Waals surface area (Å²) in [4.78, 5) is 11.8. The summed E-state index contributed by atoms with van der Waals surface area (Å²) in [5.41, 5.74) is 1.83. The van der Waals surface area contributed by atoms with Crippen molar-refractivity contribution in [2.24, 2.45) is 0 Å². The quantitative estimate of drug-likeness (QED) is 0.895.